The Morgan fingerprint density at radius 1 is 1.18 bits per heavy atom. The predicted octanol–water partition coefficient (Wildman–Crippen LogP) is -0.195. The molecule has 1 aromatic rings. The lowest BCUT2D eigenvalue weighted by molar-refractivity contribution is 0.171. The van der Waals surface area contributed by atoms with Crippen LogP contribution in [0.15, 0.2) is 12.1 Å². The molecule has 6 heteroatoms. The lowest BCUT2D eigenvalue weighted by atomic mass is 10.2. The van der Waals surface area contributed by atoms with E-state index >= 15 is 0 Å². The van der Waals surface area contributed by atoms with Crippen molar-refractivity contribution in [1.29, 1.82) is 0 Å². The Morgan fingerprint density at radius 3 is 2.35 bits per heavy atom. The highest BCUT2D eigenvalue weighted by Crippen LogP contribution is 2.37. The van der Waals surface area contributed by atoms with Gasteiger partial charge in [0.05, 0.1) is 30.6 Å². The third-order valence-electron chi connectivity index (χ3n) is 2.51. The Kier molecular flexibility index (Phi) is 3.55. The Hall–Kier alpha value is -1.66. The Morgan fingerprint density at radius 2 is 1.76 bits per heavy atom. The molecule has 1 aliphatic rings. The maximum atomic E-state index is 9.00. The minimum atomic E-state index is -0.445. The molecule has 1 heterocycles. The van der Waals surface area contributed by atoms with Gasteiger partial charge in [0.1, 0.15) is 13.2 Å². The number of benzene rings is 1. The van der Waals surface area contributed by atoms with Crippen LogP contribution in [-0.2, 0) is 0 Å². The van der Waals surface area contributed by atoms with Crippen molar-refractivity contribution >= 4 is 11.4 Å². The molecule has 1 aromatic carbocycles. The fraction of sp³-hybridized carbons (Fsp3) is 0.455. The Bertz CT molecular complexity index is 393. The number of ether oxygens (including phenoxy) is 2. The molecule has 0 fully saturated rings. The molecule has 17 heavy (non-hydrogen) atoms. The summed E-state index contributed by atoms with van der Waals surface area (Å²) in [6.07, 6.45) is 0. The SMILES string of the molecule is Nc1cc2c(cc1NC(CO)CO)OCCO2. The summed E-state index contributed by atoms with van der Waals surface area (Å²) in [7, 11) is 0. The molecule has 0 spiro atoms. The van der Waals surface area contributed by atoms with Crippen molar-refractivity contribution in [2.24, 2.45) is 0 Å². The number of anilines is 2. The fourth-order valence-corrected chi connectivity index (χ4v) is 1.60. The fourth-order valence-electron chi connectivity index (χ4n) is 1.60. The zero-order valence-electron chi connectivity index (χ0n) is 9.35. The van der Waals surface area contributed by atoms with E-state index in [1.807, 2.05) is 0 Å². The minimum absolute atomic E-state index is 0.176. The van der Waals surface area contributed by atoms with Crippen LogP contribution in [0.3, 0.4) is 0 Å². The van der Waals surface area contributed by atoms with Gasteiger partial charge in [0.15, 0.2) is 11.5 Å². The topological polar surface area (TPSA) is 97.0 Å². The molecular weight excluding hydrogens is 224 g/mol. The highest BCUT2D eigenvalue weighted by Gasteiger charge is 2.16. The molecule has 0 saturated heterocycles. The predicted molar refractivity (Wildman–Crippen MR) is 63.4 cm³/mol. The molecule has 0 unspecified atom stereocenters. The van der Waals surface area contributed by atoms with Crippen LogP contribution < -0.4 is 20.5 Å². The van der Waals surface area contributed by atoms with Crippen molar-refractivity contribution in [3.63, 3.8) is 0 Å². The van der Waals surface area contributed by atoms with Gasteiger partial charge >= 0.3 is 0 Å². The zero-order chi connectivity index (χ0) is 12.3. The van der Waals surface area contributed by atoms with E-state index in [2.05, 4.69) is 5.32 Å². The van der Waals surface area contributed by atoms with Crippen molar-refractivity contribution in [2.75, 3.05) is 37.5 Å². The molecule has 0 aromatic heterocycles. The third kappa shape index (κ3) is 2.54. The van der Waals surface area contributed by atoms with Gasteiger partial charge in [-0.15, -0.1) is 0 Å². The highest BCUT2D eigenvalue weighted by molar-refractivity contribution is 5.72. The number of fused-ring (bicyclic) bond motifs is 1. The minimum Gasteiger partial charge on any atom is -0.486 e. The molecule has 6 nitrogen and oxygen atoms in total. The van der Waals surface area contributed by atoms with Crippen LogP contribution in [0.2, 0.25) is 0 Å². The third-order valence-corrected chi connectivity index (χ3v) is 2.51. The molecule has 2 rings (SSSR count). The Labute approximate surface area is 99.0 Å². The molecule has 94 valence electrons. The van der Waals surface area contributed by atoms with Gasteiger partial charge in [-0.05, 0) is 0 Å². The largest absolute Gasteiger partial charge is 0.486 e. The first-order valence-electron chi connectivity index (χ1n) is 5.42. The first-order chi connectivity index (χ1) is 8.24. The normalized spacial score (nSPS) is 13.8. The summed E-state index contributed by atoms with van der Waals surface area (Å²) in [6.45, 7) is 0.656. The van der Waals surface area contributed by atoms with E-state index in [0.29, 0.717) is 36.1 Å². The summed E-state index contributed by atoms with van der Waals surface area (Å²) in [5.41, 5.74) is 6.94. The lowest BCUT2D eigenvalue weighted by Gasteiger charge is -2.22. The van der Waals surface area contributed by atoms with E-state index in [1.165, 1.54) is 0 Å². The van der Waals surface area contributed by atoms with E-state index in [4.69, 9.17) is 25.4 Å². The number of hydrogen-bond acceptors (Lipinski definition) is 6. The van der Waals surface area contributed by atoms with E-state index in [0.717, 1.165) is 0 Å². The van der Waals surface area contributed by atoms with Gasteiger partial charge in [0, 0.05) is 12.1 Å². The van der Waals surface area contributed by atoms with E-state index in [1.54, 1.807) is 12.1 Å². The molecule has 0 saturated carbocycles. The maximum absolute atomic E-state index is 9.00. The number of hydrogen-bond donors (Lipinski definition) is 4. The summed E-state index contributed by atoms with van der Waals surface area (Å²) in [5.74, 6) is 1.23. The van der Waals surface area contributed by atoms with Crippen molar-refractivity contribution in [3.05, 3.63) is 12.1 Å². The number of rotatable bonds is 4. The number of nitrogen functional groups attached to an aromatic ring is 1. The van der Waals surface area contributed by atoms with Crippen molar-refractivity contribution < 1.29 is 19.7 Å². The second-order valence-electron chi connectivity index (χ2n) is 3.79. The molecule has 0 amide bonds. The van der Waals surface area contributed by atoms with Gasteiger partial charge < -0.3 is 30.7 Å². The maximum Gasteiger partial charge on any atom is 0.163 e. The summed E-state index contributed by atoms with van der Waals surface area (Å²) < 4.78 is 10.8. The van der Waals surface area contributed by atoms with E-state index in [9.17, 15) is 0 Å². The number of aliphatic hydroxyl groups is 2. The van der Waals surface area contributed by atoms with Crippen LogP contribution in [0.4, 0.5) is 11.4 Å². The molecule has 1 aliphatic heterocycles. The molecular formula is C11H16N2O4. The molecule has 0 atom stereocenters. The number of nitrogens with two attached hydrogens (primary N) is 1. The van der Waals surface area contributed by atoms with Crippen molar-refractivity contribution in [1.82, 2.24) is 0 Å². The molecule has 0 bridgehead atoms. The Balaban J connectivity index is 2.22. The van der Waals surface area contributed by atoms with Crippen LogP contribution in [0.25, 0.3) is 0 Å². The standard InChI is InChI=1S/C11H16N2O4/c12-8-3-10-11(17-2-1-16-10)4-9(8)13-7(5-14)6-15/h3-4,7,13-15H,1-2,5-6,12H2. The summed E-state index contributed by atoms with van der Waals surface area (Å²) in [4.78, 5) is 0. The zero-order valence-corrected chi connectivity index (χ0v) is 9.35. The van der Waals surface area contributed by atoms with Gasteiger partial charge in [0.25, 0.3) is 0 Å². The average molecular weight is 240 g/mol. The second-order valence-corrected chi connectivity index (χ2v) is 3.79. The van der Waals surface area contributed by atoms with Gasteiger partial charge in [-0.25, -0.2) is 0 Å². The van der Waals surface area contributed by atoms with Crippen molar-refractivity contribution in [2.45, 2.75) is 6.04 Å². The monoisotopic (exact) mass is 240 g/mol. The van der Waals surface area contributed by atoms with E-state index in [-0.39, 0.29) is 13.2 Å². The highest BCUT2D eigenvalue weighted by atomic mass is 16.6. The van der Waals surface area contributed by atoms with Crippen molar-refractivity contribution in [3.8, 4) is 11.5 Å². The summed E-state index contributed by atoms with van der Waals surface area (Å²) >= 11 is 0. The molecule has 0 aliphatic carbocycles. The number of aliphatic hydroxyl groups excluding tert-OH is 2. The number of nitrogens with one attached hydrogen (secondary N) is 1. The quantitative estimate of drug-likeness (QED) is 0.544. The van der Waals surface area contributed by atoms with Crippen LogP contribution in [0, 0.1) is 0 Å². The lowest BCUT2D eigenvalue weighted by Crippen LogP contribution is -2.28. The van der Waals surface area contributed by atoms with Crippen LogP contribution >= 0.6 is 0 Å². The van der Waals surface area contributed by atoms with Crippen LogP contribution in [0.1, 0.15) is 0 Å². The van der Waals surface area contributed by atoms with E-state index < -0.39 is 6.04 Å². The molecule has 0 radical (unpaired) electrons. The molecule has 5 N–H and O–H groups in total. The first-order valence-corrected chi connectivity index (χ1v) is 5.42. The van der Waals surface area contributed by atoms with Crippen LogP contribution in [-0.4, -0.2) is 42.7 Å². The van der Waals surface area contributed by atoms with Gasteiger partial charge in [-0.2, -0.15) is 0 Å². The van der Waals surface area contributed by atoms with Gasteiger partial charge in [-0.1, -0.05) is 0 Å². The van der Waals surface area contributed by atoms with Gasteiger partial charge in [0.2, 0.25) is 0 Å². The first kappa shape index (κ1) is 11.8. The summed E-state index contributed by atoms with van der Waals surface area (Å²) in [5, 5.41) is 20.9. The average Bonchev–Trinajstić information content (AvgIpc) is 2.36. The van der Waals surface area contributed by atoms with Gasteiger partial charge in [-0.3, -0.25) is 0 Å². The smallest absolute Gasteiger partial charge is 0.163 e. The summed E-state index contributed by atoms with van der Waals surface area (Å²) in [6, 6.07) is 2.94. The van der Waals surface area contributed by atoms with Crippen LogP contribution in [0.5, 0.6) is 11.5 Å². The second kappa shape index (κ2) is 5.11.